The van der Waals surface area contributed by atoms with Crippen LogP contribution in [0.4, 0.5) is 0 Å². The van der Waals surface area contributed by atoms with E-state index in [-0.39, 0.29) is 5.41 Å². The van der Waals surface area contributed by atoms with E-state index in [1.165, 1.54) is 12.8 Å². The summed E-state index contributed by atoms with van der Waals surface area (Å²) in [4.78, 5) is 0. The van der Waals surface area contributed by atoms with Crippen LogP contribution in [0.3, 0.4) is 0 Å². The molecular weight excluding hydrogens is 218 g/mol. The molecular formula is C17H27N. The maximum Gasteiger partial charge on any atom is 0.0683 e. The van der Waals surface area contributed by atoms with Gasteiger partial charge in [0.2, 0.25) is 0 Å². The predicted octanol–water partition coefficient (Wildman–Crippen LogP) is 4.78. The monoisotopic (exact) mass is 245 g/mol. The molecule has 100 valence electrons. The van der Waals surface area contributed by atoms with E-state index in [2.05, 4.69) is 19.9 Å². The van der Waals surface area contributed by atoms with E-state index in [4.69, 9.17) is 5.26 Å². The van der Waals surface area contributed by atoms with Crippen LogP contribution in [0.2, 0.25) is 0 Å². The highest BCUT2D eigenvalue weighted by Gasteiger charge is 2.47. The Balaban J connectivity index is 1.53. The van der Waals surface area contributed by atoms with Crippen molar-refractivity contribution in [3.63, 3.8) is 0 Å². The van der Waals surface area contributed by atoms with Gasteiger partial charge in [-0.1, -0.05) is 6.42 Å². The highest BCUT2D eigenvalue weighted by molar-refractivity contribution is 4.98. The number of hydrogen-bond donors (Lipinski definition) is 0. The fourth-order valence-corrected chi connectivity index (χ4v) is 5.34. The molecule has 0 N–H and O–H groups in total. The molecule has 4 aliphatic carbocycles. The van der Waals surface area contributed by atoms with Gasteiger partial charge in [0.25, 0.3) is 0 Å². The lowest BCUT2D eigenvalue weighted by Gasteiger charge is -2.54. The Labute approximate surface area is 112 Å². The van der Waals surface area contributed by atoms with E-state index < -0.39 is 0 Å². The summed E-state index contributed by atoms with van der Waals surface area (Å²) in [5.41, 5.74) is -0.105. The Bertz CT molecular complexity index is 321. The van der Waals surface area contributed by atoms with Crippen LogP contribution in [-0.4, -0.2) is 0 Å². The predicted molar refractivity (Wildman–Crippen MR) is 73.8 cm³/mol. The van der Waals surface area contributed by atoms with Gasteiger partial charge < -0.3 is 0 Å². The average Bonchev–Trinajstić information content (AvgIpc) is 2.32. The molecule has 1 nitrogen and oxygen atoms in total. The van der Waals surface area contributed by atoms with Gasteiger partial charge in [0.15, 0.2) is 0 Å². The largest absolute Gasteiger partial charge is 0.198 e. The van der Waals surface area contributed by atoms with Gasteiger partial charge in [-0.2, -0.15) is 5.26 Å². The Morgan fingerprint density at radius 3 is 2.06 bits per heavy atom. The third-order valence-corrected chi connectivity index (χ3v) is 6.06. The third-order valence-electron chi connectivity index (χ3n) is 6.06. The smallest absolute Gasteiger partial charge is 0.0683 e. The first-order valence-corrected chi connectivity index (χ1v) is 7.98. The lowest BCUT2D eigenvalue weighted by atomic mass is 9.51. The minimum Gasteiger partial charge on any atom is -0.198 e. The van der Waals surface area contributed by atoms with Crippen LogP contribution in [0.15, 0.2) is 0 Å². The van der Waals surface area contributed by atoms with Crippen molar-refractivity contribution < 1.29 is 0 Å². The number of nitriles is 1. The highest BCUT2D eigenvalue weighted by atomic mass is 14.5. The van der Waals surface area contributed by atoms with Crippen molar-refractivity contribution >= 4 is 0 Å². The molecule has 0 amide bonds. The van der Waals surface area contributed by atoms with Gasteiger partial charge in [-0.25, -0.2) is 0 Å². The minimum absolute atomic E-state index is 0.105. The molecule has 0 heterocycles. The summed E-state index contributed by atoms with van der Waals surface area (Å²) in [6.07, 6.45) is 11.5. The Morgan fingerprint density at radius 1 is 1.00 bits per heavy atom. The average molecular weight is 245 g/mol. The summed E-state index contributed by atoms with van der Waals surface area (Å²) < 4.78 is 0. The van der Waals surface area contributed by atoms with Crippen LogP contribution in [0.5, 0.6) is 0 Å². The van der Waals surface area contributed by atoms with E-state index in [9.17, 15) is 0 Å². The molecule has 18 heavy (non-hydrogen) atoms. The topological polar surface area (TPSA) is 23.8 Å². The summed E-state index contributed by atoms with van der Waals surface area (Å²) in [5.74, 6) is 5.34. The maximum absolute atomic E-state index is 9.08. The molecule has 0 aromatic heterocycles. The normalized spacial score (nSPS) is 41.9. The molecule has 0 radical (unpaired) electrons. The molecule has 0 aromatic carbocycles. The fourth-order valence-electron chi connectivity index (χ4n) is 5.34. The summed E-state index contributed by atoms with van der Waals surface area (Å²) in [6.45, 7) is 4.17. The zero-order valence-corrected chi connectivity index (χ0v) is 12.0. The van der Waals surface area contributed by atoms with E-state index >= 15 is 0 Å². The first kappa shape index (κ1) is 12.5. The van der Waals surface area contributed by atoms with Crippen LogP contribution in [0, 0.1) is 46.3 Å². The van der Waals surface area contributed by atoms with Crippen molar-refractivity contribution in [1.29, 1.82) is 5.26 Å². The van der Waals surface area contributed by atoms with Crippen LogP contribution >= 0.6 is 0 Å². The molecule has 0 spiro atoms. The molecule has 1 heteroatoms. The molecule has 4 fully saturated rings. The van der Waals surface area contributed by atoms with E-state index in [0.29, 0.717) is 0 Å². The second-order valence-corrected chi connectivity index (χ2v) is 7.98. The molecule has 4 rings (SSSR count). The van der Waals surface area contributed by atoms with Crippen molar-refractivity contribution in [3.05, 3.63) is 0 Å². The van der Waals surface area contributed by atoms with E-state index in [1.54, 1.807) is 32.1 Å². The Morgan fingerprint density at radius 2 is 1.56 bits per heavy atom. The van der Waals surface area contributed by atoms with Gasteiger partial charge >= 0.3 is 0 Å². The van der Waals surface area contributed by atoms with Crippen molar-refractivity contribution in [3.8, 4) is 6.07 Å². The van der Waals surface area contributed by atoms with Gasteiger partial charge in [-0.05, 0) is 88.4 Å². The standard InChI is InChI=1S/C17H27N/c1-17(2,11-18)5-3-4-16-14-7-12-6-13(9-14)10-15(16)8-12/h12-16H,3-10H2,1-2H3. The molecule has 4 bridgehead atoms. The van der Waals surface area contributed by atoms with Crippen LogP contribution in [0.25, 0.3) is 0 Å². The lowest BCUT2D eigenvalue weighted by molar-refractivity contribution is -0.0409. The van der Waals surface area contributed by atoms with Crippen LogP contribution in [-0.2, 0) is 0 Å². The van der Waals surface area contributed by atoms with Gasteiger partial charge in [0.1, 0.15) is 0 Å². The summed E-state index contributed by atoms with van der Waals surface area (Å²) >= 11 is 0. The summed E-state index contributed by atoms with van der Waals surface area (Å²) in [5, 5.41) is 9.08. The molecule has 0 saturated heterocycles. The first-order chi connectivity index (χ1) is 8.57. The summed E-state index contributed by atoms with van der Waals surface area (Å²) in [7, 11) is 0. The molecule has 0 unspecified atom stereocenters. The zero-order chi connectivity index (χ0) is 12.8. The van der Waals surface area contributed by atoms with Crippen molar-refractivity contribution in [2.45, 2.75) is 65.2 Å². The Kier molecular flexibility index (Phi) is 3.16. The molecule has 4 aliphatic rings. The molecule has 4 saturated carbocycles. The SMILES string of the molecule is CC(C)(C#N)CCCC1C2CC3CC(C2)CC1C3. The first-order valence-electron chi connectivity index (χ1n) is 7.98. The maximum atomic E-state index is 9.08. The van der Waals surface area contributed by atoms with Crippen LogP contribution in [0.1, 0.15) is 65.2 Å². The van der Waals surface area contributed by atoms with Crippen LogP contribution < -0.4 is 0 Å². The van der Waals surface area contributed by atoms with Gasteiger partial charge in [0.05, 0.1) is 11.5 Å². The number of hydrogen-bond acceptors (Lipinski definition) is 1. The van der Waals surface area contributed by atoms with Crippen molar-refractivity contribution in [1.82, 2.24) is 0 Å². The molecule has 0 aliphatic heterocycles. The zero-order valence-electron chi connectivity index (χ0n) is 12.0. The second-order valence-electron chi connectivity index (χ2n) is 7.98. The lowest BCUT2D eigenvalue weighted by Crippen LogP contribution is -2.45. The van der Waals surface area contributed by atoms with E-state index in [1.807, 2.05) is 0 Å². The van der Waals surface area contributed by atoms with Crippen molar-refractivity contribution in [2.75, 3.05) is 0 Å². The van der Waals surface area contributed by atoms with Gasteiger partial charge in [-0.3, -0.25) is 0 Å². The van der Waals surface area contributed by atoms with Gasteiger partial charge in [-0.15, -0.1) is 0 Å². The van der Waals surface area contributed by atoms with E-state index in [0.717, 1.165) is 36.0 Å². The minimum atomic E-state index is -0.105. The number of rotatable bonds is 4. The molecule has 0 aromatic rings. The highest BCUT2D eigenvalue weighted by Crippen LogP contribution is 2.57. The fraction of sp³-hybridized carbons (Fsp3) is 0.941. The Hall–Kier alpha value is -0.510. The second kappa shape index (κ2) is 4.55. The third kappa shape index (κ3) is 2.31. The van der Waals surface area contributed by atoms with Gasteiger partial charge in [0, 0.05) is 0 Å². The number of nitrogens with zero attached hydrogens (tertiary/aromatic N) is 1. The quantitative estimate of drug-likeness (QED) is 0.699. The molecule has 0 atom stereocenters. The summed E-state index contributed by atoms with van der Waals surface area (Å²) in [6, 6.07) is 2.44. The van der Waals surface area contributed by atoms with Crippen molar-refractivity contribution in [2.24, 2.45) is 35.0 Å².